The van der Waals surface area contributed by atoms with Crippen molar-refractivity contribution in [1.29, 1.82) is 0 Å². The number of nitrogens with two attached hydrogens (primary N) is 1. The minimum atomic E-state index is 0.205. The van der Waals surface area contributed by atoms with Gasteiger partial charge in [-0.2, -0.15) is 0 Å². The average Bonchev–Trinajstić information content (AvgIpc) is 2.41. The molecule has 3 heterocycles. The average molecular weight is 260 g/mol. The van der Waals surface area contributed by atoms with Crippen LogP contribution >= 0.6 is 0 Å². The zero-order chi connectivity index (χ0) is 13.4. The lowest BCUT2D eigenvalue weighted by Gasteiger charge is -2.42. The SMILES string of the molecule is Cc1nc(N2CCC3NC(=O)CCC3C2)ccc1N. The van der Waals surface area contributed by atoms with Crippen LogP contribution in [0.3, 0.4) is 0 Å². The van der Waals surface area contributed by atoms with Gasteiger partial charge in [0.1, 0.15) is 5.82 Å². The van der Waals surface area contributed by atoms with E-state index >= 15 is 0 Å². The van der Waals surface area contributed by atoms with Crippen LogP contribution in [0.4, 0.5) is 11.5 Å². The Morgan fingerprint density at radius 1 is 1.42 bits per heavy atom. The van der Waals surface area contributed by atoms with Crippen LogP contribution in [0.15, 0.2) is 12.1 Å². The van der Waals surface area contributed by atoms with Crippen LogP contribution in [-0.2, 0) is 4.79 Å². The van der Waals surface area contributed by atoms with E-state index in [1.807, 2.05) is 19.1 Å². The van der Waals surface area contributed by atoms with Crippen molar-refractivity contribution in [3.63, 3.8) is 0 Å². The zero-order valence-corrected chi connectivity index (χ0v) is 11.2. The van der Waals surface area contributed by atoms with Crippen LogP contribution in [-0.4, -0.2) is 30.0 Å². The van der Waals surface area contributed by atoms with E-state index in [0.29, 0.717) is 18.4 Å². The number of nitrogens with one attached hydrogen (secondary N) is 1. The molecule has 5 nitrogen and oxygen atoms in total. The first kappa shape index (κ1) is 12.3. The Morgan fingerprint density at radius 2 is 2.26 bits per heavy atom. The monoisotopic (exact) mass is 260 g/mol. The third kappa shape index (κ3) is 2.37. The Morgan fingerprint density at radius 3 is 3.05 bits per heavy atom. The number of carbonyl (C=O) groups excluding carboxylic acids is 1. The summed E-state index contributed by atoms with van der Waals surface area (Å²) in [5.74, 6) is 1.75. The number of nitrogens with zero attached hydrogens (tertiary/aromatic N) is 2. The van der Waals surface area contributed by atoms with Crippen LogP contribution in [0.1, 0.15) is 25.0 Å². The lowest BCUT2D eigenvalue weighted by molar-refractivity contribution is -0.124. The standard InChI is InChI=1S/C14H20N4O/c1-9-11(15)3-4-13(16-9)18-7-6-12-10(8-18)2-5-14(19)17-12/h3-4,10,12H,2,5-8,15H2,1H3,(H,17,19). The van der Waals surface area contributed by atoms with Crippen molar-refractivity contribution in [3.05, 3.63) is 17.8 Å². The van der Waals surface area contributed by atoms with Crippen molar-refractivity contribution in [1.82, 2.24) is 10.3 Å². The number of aromatic nitrogens is 1. The Bertz CT molecular complexity index is 502. The summed E-state index contributed by atoms with van der Waals surface area (Å²) >= 11 is 0. The number of hydrogen-bond acceptors (Lipinski definition) is 4. The van der Waals surface area contributed by atoms with Gasteiger partial charge >= 0.3 is 0 Å². The fourth-order valence-electron chi connectivity index (χ4n) is 3.05. The summed E-state index contributed by atoms with van der Waals surface area (Å²) in [6.07, 6.45) is 2.64. The second-order valence-electron chi connectivity index (χ2n) is 5.55. The molecule has 0 aromatic carbocycles. The Hall–Kier alpha value is -1.78. The van der Waals surface area contributed by atoms with Crippen molar-refractivity contribution >= 4 is 17.4 Å². The number of carbonyl (C=O) groups is 1. The zero-order valence-electron chi connectivity index (χ0n) is 11.2. The van der Waals surface area contributed by atoms with Crippen molar-refractivity contribution in [2.75, 3.05) is 23.7 Å². The van der Waals surface area contributed by atoms with Gasteiger partial charge in [-0.25, -0.2) is 4.98 Å². The molecule has 0 saturated carbocycles. The number of piperidine rings is 2. The first-order valence-electron chi connectivity index (χ1n) is 6.91. The molecule has 3 N–H and O–H groups in total. The third-order valence-corrected chi connectivity index (χ3v) is 4.26. The fraction of sp³-hybridized carbons (Fsp3) is 0.571. The second kappa shape index (κ2) is 4.72. The van der Waals surface area contributed by atoms with E-state index in [9.17, 15) is 4.79 Å². The minimum absolute atomic E-state index is 0.205. The highest BCUT2D eigenvalue weighted by Crippen LogP contribution is 2.28. The molecule has 2 aliphatic heterocycles. The molecule has 2 fully saturated rings. The maximum Gasteiger partial charge on any atom is 0.220 e. The van der Waals surface area contributed by atoms with Gasteiger partial charge in [0.25, 0.3) is 0 Å². The van der Waals surface area contributed by atoms with Gasteiger partial charge in [-0.15, -0.1) is 0 Å². The van der Waals surface area contributed by atoms with Crippen LogP contribution in [0.5, 0.6) is 0 Å². The Labute approximate surface area is 113 Å². The molecule has 0 aliphatic carbocycles. The Balaban J connectivity index is 1.74. The molecule has 19 heavy (non-hydrogen) atoms. The normalized spacial score (nSPS) is 26.8. The molecule has 1 aromatic heterocycles. The highest BCUT2D eigenvalue weighted by molar-refractivity contribution is 5.77. The van der Waals surface area contributed by atoms with Gasteiger partial charge < -0.3 is 16.0 Å². The number of nitrogen functional groups attached to an aromatic ring is 1. The maximum absolute atomic E-state index is 11.4. The van der Waals surface area contributed by atoms with Gasteiger partial charge in [0.05, 0.1) is 11.4 Å². The van der Waals surface area contributed by atoms with Crippen LogP contribution in [0.25, 0.3) is 0 Å². The number of amides is 1. The molecule has 0 radical (unpaired) electrons. The molecule has 5 heteroatoms. The van der Waals surface area contributed by atoms with Gasteiger partial charge in [-0.05, 0) is 37.8 Å². The van der Waals surface area contributed by atoms with Crippen molar-refractivity contribution in [3.8, 4) is 0 Å². The van der Waals surface area contributed by atoms with E-state index in [1.54, 1.807) is 0 Å². The highest BCUT2D eigenvalue weighted by Gasteiger charge is 2.34. The summed E-state index contributed by atoms with van der Waals surface area (Å²) in [7, 11) is 0. The van der Waals surface area contributed by atoms with Gasteiger partial charge in [-0.1, -0.05) is 0 Å². The van der Waals surface area contributed by atoms with Crippen LogP contribution in [0, 0.1) is 12.8 Å². The number of pyridine rings is 1. The van der Waals surface area contributed by atoms with Gasteiger partial charge in [-0.3, -0.25) is 4.79 Å². The predicted octanol–water partition coefficient (Wildman–Crippen LogP) is 1.08. The summed E-state index contributed by atoms with van der Waals surface area (Å²) in [5, 5.41) is 3.10. The van der Waals surface area contributed by atoms with Gasteiger partial charge in [0.15, 0.2) is 0 Å². The lowest BCUT2D eigenvalue weighted by atomic mass is 9.85. The molecular weight excluding hydrogens is 240 g/mol. The molecule has 2 atom stereocenters. The predicted molar refractivity (Wildman–Crippen MR) is 74.9 cm³/mol. The van der Waals surface area contributed by atoms with E-state index < -0.39 is 0 Å². The molecule has 3 rings (SSSR count). The number of fused-ring (bicyclic) bond motifs is 1. The highest BCUT2D eigenvalue weighted by atomic mass is 16.1. The quantitative estimate of drug-likeness (QED) is 0.792. The summed E-state index contributed by atoms with van der Waals surface area (Å²) in [6.45, 7) is 3.85. The summed E-state index contributed by atoms with van der Waals surface area (Å²) in [5.41, 5.74) is 7.44. The first-order chi connectivity index (χ1) is 9.13. The number of anilines is 2. The van der Waals surface area contributed by atoms with Crippen molar-refractivity contribution in [2.45, 2.75) is 32.2 Å². The first-order valence-corrected chi connectivity index (χ1v) is 6.91. The molecule has 102 valence electrons. The third-order valence-electron chi connectivity index (χ3n) is 4.26. The van der Waals surface area contributed by atoms with Gasteiger partial charge in [0, 0.05) is 25.6 Å². The van der Waals surface area contributed by atoms with E-state index in [0.717, 1.165) is 43.1 Å². The smallest absolute Gasteiger partial charge is 0.220 e. The molecule has 2 aliphatic rings. The number of rotatable bonds is 1. The fourth-order valence-corrected chi connectivity index (χ4v) is 3.05. The summed E-state index contributed by atoms with van der Waals surface area (Å²) in [4.78, 5) is 18.3. The number of hydrogen-bond donors (Lipinski definition) is 2. The largest absolute Gasteiger partial charge is 0.397 e. The molecule has 2 unspecified atom stereocenters. The second-order valence-corrected chi connectivity index (χ2v) is 5.55. The summed E-state index contributed by atoms with van der Waals surface area (Å²) in [6, 6.07) is 4.27. The van der Waals surface area contributed by atoms with E-state index in [2.05, 4.69) is 15.2 Å². The Kier molecular flexibility index (Phi) is 3.05. The summed E-state index contributed by atoms with van der Waals surface area (Å²) < 4.78 is 0. The van der Waals surface area contributed by atoms with E-state index in [1.165, 1.54) is 0 Å². The molecule has 1 aromatic rings. The van der Waals surface area contributed by atoms with E-state index in [4.69, 9.17) is 5.73 Å². The van der Waals surface area contributed by atoms with Gasteiger partial charge in [0.2, 0.25) is 5.91 Å². The van der Waals surface area contributed by atoms with Crippen molar-refractivity contribution in [2.24, 2.45) is 5.92 Å². The molecule has 1 amide bonds. The number of aryl methyl sites for hydroxylation is 1. The van der Waals surface area contributed by atoms with Crippen LogP contribution in [0.2, 0.25) is 0 Å². The minimum Gasteiger partial charge on any atom is -0.397 e. The van der Waals surface area contributed by atoms with Crippen molar-refractivity contribution < 1.29 is 4.79 Å². The topological polar surface area (TPSA) is 71.2 Å². The molecule has 0 bridgehead atoms. The van der Waals surface area contributed by atoms with Crippen LogP contribution < -0.4 is 16.0 Å². The molecule has 0 spiro atoms. The van der Waals surface area contributed by atoms with E-state index in [-0.39, 0.29) is 5.91 Å². The lowest BCUT2D eigenvalue weighted by Crippen LogP contribution is -2.54. The molecular formula is C14H20N4O. The molecule has 2 saturated heterocycles. The maximum atomic E-state index is 11.4.